The first-order valence-electron chi connectivity index (χ1n) is 3.91. The summed E-state index contributed by atoms with van der Waals surface area (Å²) in [6.07, 6.45) is 0.0821. The Morgan fingerprint density at radius 1 is 1.50 bits per heavy atom. The molecule has 0 saturated heterocycles. The van der Waals surface area contributed by atoms with E-state index in [1.54, 1.807) is 0 Å². The van der Waals surface area contributed by atoms with Gasteiger partial charge in [-0.15, -0.1) is 0 Å². The van der Waals surface area contributed by atoms with Gasteiger partial charge in [0.05, 0.1) is 10.5 Å². The Hall–Kier alpha value is -0.540. The number of hydrogen-bond acceptors (Lipinski definition) is 2. The standard InChI is InChI=1S/C9H10BrNO/c1-5-8(11)6-3-2-4-7(10)9(6)12-5/h2-5,8H,11H2,1H3. The maximum absolute atomic E-state index is 5.91. The molecule has 1 heterocycles. The summed E-state index contributed by atoms with van der Waals surface area (Å²) in [5.74, 6) is 0.900. The molecule has 12 heavy (non-hydrogen) atoms. The van der Waals surface area contributed by atoms with Crippen molar-refractivity contribution in [3.8, 4) is 5.75 Å². The number of rotatable bonds is 0. The summed E-state index contributed by atoms with van der Waals surface area (Å²) in [7, 11) is 0. The number of hydrogen-bond donors (Lipinski definition) is 1. The van der Waals surface area contributed by atoms with E-state index >= 15 is 0 Å². The van der Waals surface area contributed by atoms with Gasteiger partial charge in [-0.05, 0) is 28.9 Å². The molecule has 2 rings (SSSR count). The average Bonchev–Trinajstić information content (AvgIpc) is 2.32. The molecule has 1 aromatic carbocycles. The van der Waals surface area contributed by atoms with Crippen LogP contribution in [0.3, 0.4) is 0 Å². The molecule has 0 aromatic heterocycles. The van der Waals surface area contributed by atoms with Gasteiger partial charge in [-0.25, -0.2) is 0 Å². The highest BCUT2D eigenvalue weighted by Gasteiger charge is 2.28. The molecule has 1 aromatic rings. The van der Waals surface area contributed by atoms with E-state index in [0.717, 1.165) is 15.8 Å². The number of nitrogens with two attached hydrogens (primary N) is 1. The molecule has 0 saturated carbocycles. The summed E-state index contributed by atoms with van der Waals surface area (Å²) in [6, 6.07) is 5.96. The van der Waals surface area contributed by atoms with E-state index < -0.39 is 0 Å². The predicted octanol–water partition coefficient (Wildman–Crippen LogP) is 2.23. The van der Waals surface area contributed by atoms with Crippen LogP contribution in [0.5, 0.6) is 5.75 Å². The molecule has 0 bridgehead atoms. The summed E-state index contributed by atoms with van der Waals surface area (Å²) in [5.41, 5.74) is 7.01. The van der Waals surface area contributed by atoms with Crippen LogP contribution in [0.25, 0.3) is 0 Å². The molecular formula is C9H10BrNO. The third-order valence-corrected chi connectivity index (χ3v) is 2.79. The van der Waals surface area contributed by atoms with Crippen LogP contribution in [-0.4, -0.2) is 6.10 Å². The van der Waals surface area contributed by atoms with Crippen LogP contribution in [0.4, 0.5) is 0 Å². The quantitative estimate of drug-likeness (QED) is 0.738. The van der Waals surface area contributed by atoms with E-state index in [0.29, 0.717) is 0 Å². The fraction of sp³-hybridized carbons (Fsp3) is 0.333. The highest BCUT2D eigenvalue weighted by atomic mass is 79.9. The van der Waals surface area contributed by atoms with Crippen LogP contribution >= 0.6 is 15.9 Å². The van der Waals surface area contributed by atoms with Gasteiger partial charge in [0.25, 0.3) is 0 Å². The summed E-state index contributed by atoms with van der Waals surface area (Å²) >= 11 is 3.42. The van der Waals surface area contributed by atoms with E-state index in [2.05, 4.69) is 15.9 Å². The van der Waals surface area contributed by atoms with Crippen molar-refractivity contribution in [2.75, 3.05) is 0 Å². The molecule has 0 spiro atoms. The van der Waals surface area contributed by atoms with Crippen LogP contribution in [0.1, 0.15) is 18.5 Å². The molecule has 2 unspecified atom stereocenters. The van der Waals surface area contributed by atoms with Crippen molar-refractivity contribution in [3.63, 3.8) is 0 Å². The van der Waals surface area contributed by atoms with Crippen molar-refractivity contribution in [1.82, 2.24) is 0 Å². The molecule has 3 heteroatoms. The van der Waals surface area contributed by atoms with Crippen LogP contribution in [-0.2, 0) is 0 Å². The second-order valence-electron chi connectivity index (χ2n) is 3.01. The first-order valence-corrected chi connectivity index (χ1v) is 4.70. The zero-order valence-corrected chi connectivity index (χ0v) is 8.34. The van der Waals surface area contributed by atoms with Gasteiger partial charge in [0.15, 0.2) is 0 Å². The molecule has 2 nitrogen and oxygen atoms in total. The number of halogens is 1. The molecule has 64 valence electrons. The second-order valence-corrected chi connectivity index (χ2v) is 3.86. The van der Waals surface area contributed by atoms with Gasteiger partial charge in [0.1, 0.15) is 11.9 Å². The van der Waals surface area contributed by atoms with Gasteiger partial charge < -0.3 is 10.5 Å². The lowest BCUT2D eigenvalue weighted by Gasteiger charge is -2.07. The lowest BCUT2D eigenvalue weighted by molar-refractivity contribution is 0.227. The summed E-state index contributed by atoms with van der Waals surface area (Å²) in [6.45, 7) is 1.98. The van der Waals surface area contributed by atoms with Gasteiger partial charge >= 0.3 is 0 Å². The first-order chi connectivity index (χ1) is 5.70. The van der Waals surface area contributed by atoms with E-state index in [-0.39, 0.29) is 12.1 Å². The summed E-state index contributed by atoms with van der Waals surface area (Å²) in [4.78, 5) is 0. The molecule has 1 aliphatic heterocycles. The minimum Gasteiger partial charge on any atom is -0.487 e. The summed E-state index contributed by atoms with van der Waals surface area (Å²) < 4.78 is 6.56. The maximum atomic E-state index is 5.91. The largest absolute Gasteiger partial charge is 0.487 e. The number of fused-ring (bicyclic) bond motifs is 1. The Morgan fingerprint density at radius 2 is 2.25 bits per heavy atom. The molecular weight excluding hydrogens is 218 g/mol. The SMILES string of the molecule is CC1Oc2c(Br)cccc2C1N. The Morgan fingerprint density at radius 3 is 2.92 bits per heavy atom. The Bertz CT molecular complexity index is 313. The van der Waals surface area contributed by atoms with Gasteiger partial charge in [-0.1, -0.05) is 12.1 Å². The minimum absolute atomic E-state index is 0.0116. The molecule has 0 amide bonds. The number of para-hydroxylation sites is 1. The maximum Gasteiger partial charge on any atom is 0.138 e. The van der Waals surface area contributed by atoms with Crippen LogP contribution < -0.4 is 10.5 Å². The third kappa shape index (κ3) is 1.04. The average molecular weight is 228 g/mol. The molecule has 2 atom stereocenters. The third-order valence-electron chi connectivity index (χ3n) is 2.17. The Kier molecular flexibility index (Phi) is 1.85. The zero-order chi connectivity index (χ0) is 8.72. The van der Waals surface area contributed by atoms with E-state index in [9.17, 15) is 0 Å². The normalized spacial score (nSPS) is 26.6. The first kappa shape index (κ1) is 8.08. The van der Waals surface area contributed by atoms with Crippen LogP contribution in [0, 0.1) is 0 Å². The minimum atomic E-state index is 0.0116. The fourth-order valence-corrected chi connectivity index (χ4v) is 1.90. The Labute approximate surface area is 79.8 Å². The van der Waals surface area contributed by atoms with Crippen molar-refractivity contribution in [1.29, 1.82) is 0 Å². The van der Waals surface area contributed by atoms with E-state index in [4.69, 9.17) is 10.5 Å². The van der Waals surface area contributed by atoms with Crippen molar-refractivity contribution >= 4 is 15.9 Å². The van der Waals surface area contributed by atoms with Crippen molar-refractivity contribution in [2.24, 2.45) is 5.73 Å². The van der Waals surface area contributed by atoms with Crippen LogP contribution in [0.2, 0.25) is 0 Å². The monoisotopic (exact) mass is 227 g/mol. The van der Waals surface area contributed by atoms with Gasteiger partial charge in [-0.3, -0.25) is 0 Å². The van der Waals surface area contributed by atoms with Crippen LogP contribution in [0.15, 0.2) is 22.7 Å². The fourth-order valence-electron chi connectivity index (χ4n) is 1.42. The lowest BCUT2D eigenvalue weighted by Crippen LogP contribution is -2.21. The highest BCUT2D eigenvalue weighted by molar-refractivity contribution is 9.10. The van der Waals surface area contributed by atoms with Gasteiger partial charge in [0.2, 0.25) is 0 Å². The zero-order valence-electron chi connectivity index (χ0n) is 6.75. The van der Waals surface area contributed by atoms with Gasteiger partial charge in [-0.2, -0.15) is 0 Å². The second kappa shape index (κ2) is 2.75. The predicted molar refractivity (Wildman–Crippen MR) is 51.2 cm³/mol. The Balaban J connectivity index is 2.53. The summed E-state index contributed by atoms with van der Waals surface area (Å²) in [5, 5.41) is 0. The van der Waals surface area contributed by atoms with Gasteiger partial charge in [0, 0.05) is 5.56 Å². The number of benzene rings is 1. The van der Waals surface area contributed by atoms with Crippen molar-refractivity contribution < 1.29 is 4.74 Å². The highest BCUT2D eigenvalue weighted by Crippen LogP contribution is 2.40. The van der Waals surface area contributed by atoms with Crippen molar-refractivity contribution in [3.05, 3.63) is 28.2 Å². The molecule has 2 N–H and O–H groups in total. The van der Waals surface area contributed by atoms with E-state index in [1.165, 1.54) is 0 Å². The topological polar surface area (TPSA) is 35.2 Å². The molecule has 0 radical (unpaired) electrons. The molecule has 0 aliphatic carbocycles. The molecule has 0 fully saturated rings. The number of ether oxygens (including phenoxy) is 1. The lowest BCUT2D eigenvalue weighted by atomic mass is 10.1. The molecule has 1 aliphatic rings. The van der Waals surface area contributed by atoms with E-state index in [1.807, 2.05) is 25.1 Å². The smallest absolute Gasteiger partial charge is 0.138 e. The van der Waals surface area contributed by atoms with Crippen molar-refractivity contribution in [2.45, 2.75) is 19.1 Å².